The first-order chi connectivity index (χ1) is 17.9. The molecule has 0 bridgehead atoms. The third-order valence-electron chi connectivity index (χ3n) is 7.24. The van der Waals surface area contributed by atoms with Gasteiger partial charge in [0.1, 0.15) is 5.69 Å². The van der Waals surface area contributed by atoms with Crippen LogP contribution in [0.5, 0.6) is 0 Å². The normalized spacial score (nSPS) is 13.2. The Hall–Kier alpha value is -4.47. The number of primary amides is 1. The molecule has 6 rings (SSSR count). The van der Waals surface area contributed by atoms with Crippen LogP contribution >= 0.6 is 11.6 Å². The van der Waals surface area contributed by atoms with Gasteiger partial charge in [0, 0.05) is 40.0 Å². The molecule has 0 spiro atoms. The van der Waals surface area contributed by atoms with Gasteiger partial charge in [0.25, 0.3) is 11.8 Å². The predicted molar refractivity (Wildman–Crippen MR) is 143 cm³/mol. The summed E-state index contributed by atoms with van der Waals surface area (Å²) in [5.74, 6) is -0.649. The maximum absolute atomic E-state index is 13.3. The molecule has 1 aromatic heterocycles. The van der Waals surface area contributed by atoms with Gasteiger partial charge < -0.3 is 15.5 Å². The number of carbonyl (C=O) groups is 2. The molecule has 0 atom stereocenters. The topological polar surface area (TPSA) is 80.7 Å². The van der Waals surface area contributed by atoms with E-state index >= 15 is 0 Å². The Bertz CT molecular complexity index is 1700. The summed E-state index contributed by atoms with van der Waals surface area (Å²) in [5, 5.41) is 0.536. The van der Waals surface area contributed by atoms with Crippen molar-refractivity contribution in [2.24, 2.45) is 5.73 Å². The second-order valence-corrected chi connectivity index (χ2v) is 9.80. The lowest BCUT2D eigenvalue weighted by Gasteiger charge is -2.21. The van der Waals surface area contributed by atoms with Gasteiger partial charge in [-0.2, -0.15) is 0 Å². The van der Waals surface area contributed by atoms with Crippen molar-refractivity contribution in [3.05, 3.63) is 116 Å². The second kappa shape index (κ2) is 8.58. The van der Waals surface area contributed by atoms with Crippen molar-refractivity contribution in [1.82, 2.24) is 4.98 Å². The lowest BCUT2D eigenvalue weighted by Crippen LogP contribution is -2.24. The van der Waals surface area contributed by atoms with Crippen LogP contribution in [0.2, 0.25) is 5.02 Å². The van der Waals surface area contributed by atoms with Gasteiger partial charge in [-0.25, -0.2) is 6.57 Å². The van der Waals surface area contributed by atoms with Crippen molar-refractivity contribution < 1.29 is 9.59 Å². The zero-order valence-corrected chi connectivity index (χ0v) is 20.8. The minimum atomic E-state index is -0.568. The number of rotatable bonds is 4. The van der Waals surface area contributed by atoms with E-state index in [1.807, 2.05) is 49.4 Å². The molecule has 1 aliphatic carbocycles. The first-order valence-electron chi connectivity index (χ1n) is 11.8. The van der Waals surface area contributed by atoms with Crippen LogP contribution in [0.3, 0.4) is 0 Å². The first-order valence-corrected chi connectivity index (χ1v) is 12.2. The molecular weight excluding hydrogens is 484 g/mol. The Morgan fingerprint density at radius 2 is 1.92 bits per heavy atom. The van der Waals surface area contributed by atoms with Gasteiger partial charge in [0.15, 0.2) is 0 Å². The van der Waals surface area contributed by atoms with Crippen LogP contribution in [-0.4, -0.2) is 16.8 Å². The van der Waals surface area contributed by atoms with E-state index in [2.05, 4.69) is 9.83 Å². The molecule has 0 fully saturated rings. The number of amides is 2. The van der Waals surface area contributed by atoms with Crippen LogP contribution in [0.4, 0.5) is 5.69 Å². The molecule has 2 amide bonds. The molecule has 37 heavy (non-hydrogen) atoms. The number of pyridine rings is 1. The largest absolute Gasteiger partial charge is 0.364 e. The van der Waals surface area contributed by atoms with E-state index in [1.54, 1.807) is 23.2 Å². The monoisotopic (exact) mass is 504 g/mol. The van der Waals surface area contributed by atoms with E-state index in [0.29, 0.717) is 30.1 Å². The number of benzene rings is 3. The fraction of sp³-hybridized carbons (Fsp3) is 0.133. The maximum Gasteiger partial charge on any atom is 0.267 e. The molecule has 180 valence electrons. The molecule has 2 N–H and O–H groups in total. The van der Waals surface area contributed by atoms with Gasteiger partial charge in [-0.1, -0.05) is 41.9 Å². The SMILES string of the molecule is [C-]#[N+]Cc1ccc2c(c1)Cc1c(C(N)=O)ncc(-c3cccc(N4Cc5ccc(Cl)cc5C4=O)c3C)c1-2. The summed E-state index contributed by atoms with van der Waals surface area (Å²) >= 11 is 6.15. The Morgan fingerprint density at radius 3 is 2.70 bits per heavy atom. The van der Waals surface area contributed by atoms with Crippen molar-refractivity contribution in [2.45, 2.75) is 26.4 Å². The zero-order valence-electron chi connectivity index (χ0n) is 20.0. The Balaban J connectivity index is 1.50. The highest BCUT2D eigenvalue weighted by molar-refractivity contribution is 6.31. The van der Waals surface area contributed by atoms with E-state index in [1.165, 1.54) is 0 Å². The number of fused-ring (bicyclic) bond motifs is 4. The summed E-state index contributed by atoms with van der Waals surface area (Å²) in [5.41, 5.74) is 15.8. The molecule has 6 nitrogen and oxygen atoms in total. The lowest BCUT2D eigenvalue weighted by molar-refractivity contribution is 0.0987. The number of nitrogens with two attached hydrogens (primary N) is 1. The van der Waals surface area contributed by atoms with Crippen LogP contribution in [0.25, 0.3) is 27.1 Å². The van der Waals surface area contributed by atoms with Crippen molar-refractivity contribution in [1.29, 1.82) is 0 Å². The van der Waals surface area contributed by atoms with Crippen LogP contribution in [-0.2, 0) is 19.5 Å². The molecule has 0 saturated carbocycles. The van der Waals surface area contributed by atoms with Gasteiger partial charge in [-0.05, 0) is 70.1 Å². The number of halogens is 1. The summed E-state index contributed by atoms with van der Waals surface area (Å²) in [6.45, 7) is 9.97. The third-order valence-corrected chi connectivity index (χ3v) is 7.48. The summed E-state index contributed by atoms with van der Waals surface area (Å²) in [6.07, 6.45) is 2.22. The van der Waals surface area contributed by atoms with Gasteiger partial charge >= 0.3 is 0 Å². The van der Waals surface area contributed by atoms with E-state index in [0.717, 1.165) is 55.8 Å². The van der Waals surface area contributed by atoms with Crippen molar-refractivity contribution >= 4 is 29.1 Å². The van der Waals surface area contributed by atoms with Gasteiger partial charge in [-0.15, -0.1) is 0 Å². The standard InChI is InChI=1S/C30H21ClN4O2/c1-16-21(4-3-5-26(16)35-15-18-7-8-20(31)12-23(18)30(35)37)25-14-34-28(29(32)36)24-11-19-10-17(13-33-2)6-9-22(19)27(24)25/h3-10,12,14H,11,13,15H2,1H3,(H2,32,36). The molecule has 2 aliphatic rings. The predicted octanol–water partition coefficient (Wildman–Crippen LogP) is 5.96. The van der Waals surface area contributed by atoms with Crippen molar-refractivity contribution in [3.8, 4) is 22.3 Å². The van der Waals surface area contributed by atoms with Gasteiger partial charge in [-0.3, -0.25) is 14.6 Å². The number of nitrogens with zero attached hydrogens (tertiary/aromatic N) is 3. The first kappa shape index (κ1) is 23.0. The average Bonchev–Trinajstić information content (AvgIpc) is 3.41. The van der Waals surface area contributed by atoms with Crippen LogP contribution in [0.15, 0.2) is 60.8 Å². The quantitative estimate of drug-likeness (QED) is 0.307. The van der Waals surface area contributed by atoms with Gasteiger partial charge in [0.2, 0.25) is 6.54 Å². The zero-order chi connectivity index (χ0) is 25.8. The highest BCUT2D eigenvalue weighted by Gasteiger charge is 2.32. The fourth-order valence-corrected chi connectivity index (χ4v) is 5.71. The highest BCUT2D eigenvalue weighted by Crippen LogP contribution is 2.46. The third kappa shape index (κ3) is 3.59. The van der Waals surface area contributed by atoms with Gasteiger partial charge in [0.05, 0.1) is 6.54 Å². The summed E-state index contributed by atoms with van der Waals surface area (Å²) < 4.78 is 0. The van der Waals surface area contributed by atoms with Crippen LogP contribution in [0.1, 0.15) is 48.7 Å². The number of carbonyl (C=O) groups excluding carboxylic acids is 2. The molecule has 0 unspecified atom stereocenters. The molecule has 4 aromatic rings. The summed E-state index contributed by atoms with van der Waals surface area (Å²) in [7, 11) is 0. The average molecular weight is 505 g/mol. The number of aromatic nitrogens is 1. The Morgan fingerprint density at radius 1 is 1.08 bits per heavy atom. The minimum absolute atomic E-state index is 0.0807. The molecule has 7 heteroatoms. The maximum atomic E-state index is 13.3. The lowest BCUT2D eigenvalue weighted by atomic mass is 9.91. The van der Waals surface area contributed by atoms with E-state index < -0.39 is 5.91 Å². The molecule has 0 saturated heterocycles. The second-order valence-electron chi connectivity index (χ2n) is 9.37. The van der Waals surface area contributed by atoms with Crippen molar-refractivity contribution in [2.75, 3.05) is 4.90 Å². The molecule has 3 aromatic carbocycles. The molecule has 0 radical (unpaired) electrons. The van der Waals surface area contributed by atoms with E-state index in [4.69, 9.17) is 23.9 Å². The number of hydrogen-bond donors (Lipinski definition) is 1. The van der Waals surface area contributed by atoms with Crippen LogP contribution < -0.4 is 10.6 Å². The van der Waals surface area contributed by atoms with E-state index in [-0.39, 0.29) is 11.6 Å². The van der Waals surface area contributed by atoms with Crippen LogP contribution in [0, 0.1) is 13.5 Å². The summed E-state index contributed by atoms with van der Waals surface area (Å²) in [6, 6.07) is 17.3. The molecule has 1 aliphatic heterocycles. The van der Waals surface area contributed by atoms with E-state index in [9.17, 15) is 9.59 Å². The molecule has 2 heterocycles. The number of hydrogen-bond acceptors (Lipinski definition) is 3. The minimum Gasteiger partial charge on any atom is -0.364 e. The Labute approximate surface area is 219 Å². The smallest absolute Gasteiger partial charge is 0.267 e. The van der Waals surface area contributed by atoms with Crippen molar-refractivity contribution in [3.63, 3.8) is 0 Å². The Kier molecular flexibility index (Phi) is 5.32. The fourth-order valence-electron chi connectivity index (χ4n) is 5.54. The number of anilines is 1. The summed E-state index contributed by atoms with van der Waals surface area (Å²) in [4.78, 5) is 35.3. The highest BCUT2D eigenvalue weighted by atomic mass is 35.5. The molecular formula is C30H21ClN4O2.